The first kappa shape index (κ1) is 47.7. The number of benzene rings is 2. The highest BCUT2D eigenvalue weighted by Gasteiger charge is 2.10. The van der Waals surface area contributed by atoms with Gasteiger partial charge in [-0.1, -0.05) is 24.3 Å². The van der Waals surface area contributed by atoms with E-state index < -0.39 is 0 Å². The topological polar surface area (TPSA) is 204 Å². The van der Waals surface area contributed by atoms with Crippen LogP contribution in [0.25, 0.3) is 12.2 Å². The zero-order valence-electron chi connectivity index (χ0n) is 28.9. The summed E-state index contributed by atoms with van der Waals surface area (Å²) in [6.45, 7) is 5.25. The normalized spacial score (nSPS) is 10.9. The monoisotopic (exact) mass is 762 g/mol. The molecule has 0 aliphatic heterocycles. The summed E-state index contributed by atoms with van der Waals surface area (Å²) in [6.07, 6.45) is 5.68. The quantitative estimate of drug-likeness (QED) is 0.0334. The van der Waals surface area contributed by atoms with Gasteiger partial charge in [-0.05, 0) is 47.5 Å². The molecule has 0 bridgehead atoms. The Labute approximate surface area is 311 Å². The van der Waals surface area contributed by atoms with Crippen molar-refractivity contribution in [2.75, 3.05) is 106 Å². The van der Waals surface area contributed by atoms with Crippen molar-refractivity contribution in [1.82, 2.24) is 0 Å². The zero-order chi connectivity index (χ0) is 35.4. The third-order valence-corrected chi connectivity index (χ3v) is 6.20. The Morgan fingerprint density at radius 3 is 1.24 bits per heavy atom. The fraction of sp³-hybridized carbons (Fsp3) is 0.486. The Morgan fingerprint density at radius 1 is 0.510 bits per heavy atom. The summed E-state index contributed by atoms with van der Waals surface area (Å²) < 4.78 is 44.4. The predicted octanol–water partition coefficient (Wildman–Crippen LogP) is -6.00. The number of hydrogen-bond donors (Lipinski definition) is 4. The summed E-state index contributed by atoms with van der Waals surface area (Å²) >= 11 is 0. The molecule has 14 nitrogen and oxygen atoms in total. The number of halogens is 2. The fourth-order valence-electron chi connectivity index (χ4n) is 3.95. The van der Waals surface area contributed by atoms with Crippen molar-refractivity contribution in [3.8, 4) is 23.0 Å². The van der Waals surface area contributed by atoms with Crippen LogP contribution in [0, 0.1) is 0 Å². The Bertz CT molecular complexity index is 1190. The molecule has 0 unspecified atom stereocenters. The van der Waals surface area contributed by atoms with Gasteiger partial charge in [-0.2, -0.15) is 0 Å². The van der Waals surface area contributed by atoms with Crippen LogP contribution in [0.15, 0.2) is 48.6 Å². The maximum Gasteiger partial charge on any atom is 0.163 e. The smallest absolute Gasteiger partial charge is 0.163 e. The van der Waals surface area contributed by atoms with Gasteiger partial charge >= 0.3 is 0 Å². The molecule has 2 aromatic carbocycles. The van der Waals surface area contributed by atoms with E-state index in [2.05, 4.69) is 11.5 Å². The van der Waals surface area contributed by atoms with Gasteiger partial charge < -0.3 is 84.4 Å². The van der Waals surface area contributed by atoms with E-state index >= 15 is 0 Å². The van der Waals surface area contributed by atoms with Crippen LogP contribution in [0.2, 0.25) is 0 Å². The number of quaternary nitrogens is 2. The minimum absolute atomic E-state index is 0. The number of allylic oxidation sites excluding steroid dienone is 2. The number of aliphatic hydroxyl groups excluding tert-OH is 2. The molecule has 0 radical (unpaired) electrons. The lowest BCUT2D eigenvalue weighted by molar-refractivity contribution is -0.371. The van der Waals surface area contributed by atoms with Crippen LogP contribution in [-0.2, 0) is 28.5 Å². The van der Waals surface area contributed by atoms with Gasteiger partial charge in [0.15, 0.2) is 34.6 Å². The van der Waals surface area contributed by atoms with Crippen LogP contribution in [0.5, 0.6) is 23.0 Å². The molecular weight excluding hydrogens is 711 g/mol. The second-order valence-electron chi connectivity index (χ2n) is 10.2. The van der Waals surface area contributed by atoms with E-state index in [1.54, 1.807) is 48.6 Å². The van der Waals surface area contributed by atoms with Crippen molar-refractivity contribution >= 4 is 23.7 Å². The van der Waals surface area contributed by atoms with E-state index in [0.29, 0.717) is 113 Å². The summed E-state index contributed by atoms with van der Waals surface area (Å²) in [6, 6.07) is 10.6. The van der Waals surface area contributed by atoms with Crippen molar-refractivity contribution in [2.45, 2.75) is 6.42 Å². The van der Waals surface area contributed by atoms with Crippen LogP contribution < -0.4 is 55.2 Å². The molecule has 0 saturated heterocycles. The number of rotatable bonds is 30. The second kappa shape index (κ2) is 31.5. The van der Waals surface area contributed by atoms with Crippen LogP contribution in [-0.4, -0.2) is 127 Å². The molecule has 2 rings (SSSR count). The highest BCUT2D eigenvalue weighted by atomic mass is 35.5. The SMILES string of the molecule is [Cl-].[Cl-].[NH3+]CCOc1cc(/C=C/C(=O)CC(=O)/C=C/c2ccc(OCCOCCOCCO)c(OCC[NH3+])c2)ccc1OCCOCCOCCO. The number of carbonyl (C=O) groups is 2. The average molecular weight is 764 g/mol. The van der Waals surface area contributed by atoms with Crippen molar-refractivity contribution < 1.29 is 94.0 Å². The molecule has 0 amide bonds. The van der Waals surface area contributed by atoms with Crippen molar-refractivity contribution in [3.63, 3.8) is 0 Å². The molecule has 0 atom stereocenters. The summed E-state index contributed by atoms with van der Waals surface area (Å²) in [5.41, 5.74) is 9.01. The molecule has 0 saturated carbocycles. The van der Waals surface area contributed by atoms with Crippen LogP contribution in [0.1, 0.15) is 17.5 Å². The summed E-state index contributed by atoms with van der Waals surface area (Å²) in [5.74, 6) is 1.38. The molecule has 2 aromatic rings. The van der Waals surface area contributed by atoms with E-state index in [1.807, 2.05) is 0 Å². The van der Waals surface area contributed by atoms with E-state index in [1.165, 1.54) is 12.2 Å². The third kappa shape index (κ3) is 22.3. The van der Waals surface area contributed by atoms with Crippen LogP contribution in [0.3, 0.4) is 0 Å². The lowest BCUT2D eigenvalue weighted by Gasteiger charge is -2.13. The van der Waals surface area contributed by atoms with Gasteiger partial charge in [-0.25, -0.2) is 0 Å². The maximum atomic E-state index is 12.6. The molecule has 16 heteroatoms. The van der Waals surface area contributed by atoms with Gasteiger partial charge in [0.2, 0.25) is 0 Å². The van der Waals surface area contributed by atoms with Gasteiger partial charge in [0, 0.05) is 0 Å². The minimum atomic E-state index is -0.347. The predicted molar refractivity (Wildman–Crippen MR) is 181 cm³/mol. The number of ketones is 2. The lowest BCUT2D eigenvalue weighted by atomic mass is 10.1. The largest absolute Gasteiger partial charge is 1.00 e. The number of ether oxygens (including phenoxy) is 8. The Kier molecular flexibility index (Phi) is 29.4. The second-order valence-corrected chi connectivity index (χ2v) is 10.2. The van der Waals surface area contributed by atoms with Gasteiger partial charge in [0.25, 0.3) is 0 Å². The van der Waals surface area contributed by atoms with Gasteiger partial charge in [0.1, 0.15) is 39.5 Å². The number of hydrogen-bond acceptors (Lipinski definition) is 12. The number of carbonyl (C=O) groups excluding carboxylic acids is 2. The van der Waals surface area contributed by atoms with E-state index in [0.717, 1.165) is 0 Å². The zero-order valence-corrected chi connectivity index (χ0v) is 30.5. The van der Waals surface area contributed by atoms with E-state index in [4.69, 9.17) is 48.1 Å². The molecule has 288 valence electrons. The van der Waals surface area contributed by atoms with Gasteiger partial charge in [-0.15, -0.1) is 0 Å². The van der Waals surface area contributed by atoms with Crippen LogP contribution >= 0.6 is 0 Å². The van der Waals surface area contributed by atoms with Gasteiger partial charge in [-0.3, -0.25) is 9.59 Å². The summed E-state index contributed by atoms with van der Waals surface area (Å²) in [7, 11) is 0. The highest BCUT2D eigenvalue weighted by molar-refractivity contribution is 6.10. The average Bonchev–Trinajstić information content (AvgIpc) is 3.11. The Morgan fingerprint density at radius 2 is 0.863 bits per heavy atom. The van der Waals surface area contributed by atoms with E-state index in [-0.39, 0.29) is 69.2 Å². The van der Waals surface area contributed by atoms with Crippen molar-refractivity contribution in [2.24, 2.45) is 0 Å². The molecule has 0 fully saturated rings. The minimum Gasteiger partial charge on any atom is -1.00 e. The lowest BCUT2D eigenvalue weighted by Crippen LogP contribution is -3.00. The first-order chi connectivity index (χ1) is 24.0. The molecule has 0 aliphatic rings. The Balaban J connectivity index is 0.0000125. The van der Waals surface area contributed by atoms with Crippen molar-refractivity contribution in [1.29, 1.82) is 0 Å². The standard InChI is InChI=1S/C35H50N2O12.2ClH/c36-9-13-46-34-25-28(3-7-32(34)48-23-21-44-19-17-42-15-11-38)1-5-30(40)27-31(41)6-2-29-4-8-33(35(26-29)47-14-10-37)49-24-22-45-20-18-43-16-12-39;;/h1-8,25-26,38-39H,9-24,27,36-37H2;2*1H/b5-1+,6-2+;;. The van der Waals surface area contributed by atoms with Crippen LogP contribution in [0.4, 0.5) is 0 Å². The summed E-state index contributed by atoms with van der Waals surface area (Å²) in [5, 5.41) is 17.4. The van der Waals surface area contributed by atoms with E-state index in [9.17, 15) is 9.59 Å². The summed E-state index contributed by atoms with van der Waals surface area (Å²) in [4.78, 5) is 25.1. The highest BCUT2D eigenvalue weighted by Crippen LogP contribution is 2.30. The molecule has 0 aliphatic carbocycles. The molecule has 51 heavy (non-hydrogen) atoms. The first-order valence-electron chi connectivity index (χ1n) is 16.3. The maximum absolute atomic E-state index is 12.6. The Hall–Kier alpha value is -3.28. The van der Waals surface area contributed by atoms with Gasteiger partial charge in [0.05, 0.1) is 72.5 Å². The third-order valence-electron chi connectivity index (χ3n) is 6.20. The molecular formula is C35H52Cl2N2O12. The molecule has 0 heterocycles. The molecule has 0 spiro atoms. The number of aliphatic hydroxyl groups is 2. The first-order valence-corrected chi connectivity index (χ1v) is 16.3. The molecule has 0 aromatic heterocycles. The molecule has 8 N–H and O–H groups in total. The fourth-order valence-corrected chi connectivity index (χ4v) is 3.95. The van der Waals surface area contributed by atoms with Crippen molar-refractivity contribution in [3.05, 3.63) is 59.7 Å².